The predicted molar refractivity (Wildman–Crippen MR) is 84.1 cm³/mol. The van der Waals surface area contributed by atoms with Crippen molar-refractivity contribution in [2.75, 3.05) is 6.61 Å². The number of ether oxygens (including phenoxy) is 1. The van der Waals surface area contributed by atoms with Gasteiger partial charge in [0.15, 0.2) is 0 Å². The lowest BCUT2D eigenvalue weighted by molar-refractivity contribution is 0.108. The molecule has 3 rings (SSSR count). The summed E-state index contributed by atoms with van der Waals surface area (Å²) in [5.74, 6) is 0.676. The van der Waals surface area contributed by atoms with Crippen LogP contribution in [0.15, 0.2) is 59.5 Å². The van der Waals surface area contributed by atoms with Crippen LogP contribution >= 0.6 is 15.9 Å². The maximum atomic E-state index is 10.1. The smallest absolute Gasteiger partial charge is 0.121 e. The number of hydrogen-bond donors (Lipinski definition) is 1. The molecule has 0 aliphatic carbocycles. The van der Waals surface area contributed by atoms with E-state index in [0.717, 1.165) is 20.9 Å². The van der Waals surface area contributed by atoms with Crippen molar-refractivity contribution in [3.05, 3.63) is 65.0 Å². The standard InChI is InChI=1S/C16H13BrN2O2/c17-13-3-1-2-11(6-13)16(20)9-21-14-5-4-12-8-18-10-19-15(12)7-14/h1-8,10,16,20H,9H2. The summed E-state index contributed by atoms with van der Waals surface area (Å²) in [5, 5.41) is 11.1. The molecule has 2 aromatic carbocycles. The van der Waals surface area contributed by atoms with Gasteiger partial charge in [-0.15, -0.1) is 0 Å². The molecule has 1 aromatic heterocycles. The molecule has 0 radical (unpaired) electrons. The van der Waals surface area contributed by atoms with E-state index in [4.69, 9.17) is 4.74 Å². The Morgan fingerprint density at radius 2 is 2.10 bits per heavy atom. The summed E-state index contributed by atoms with van der Waals surface area (Å²) in [6.07, 6.45) is 2.58. The van der Waals surface area contributed by atoms with E-state index in [1.54, 1.807) is 6.20 Å². The summed E-state index contributed by atoms with van der Waals surface area (Å²) < 4.78 is 6.58. The Bertz CT molecular complexity index is 764. The predicted octanol–water partition coefficient (Wildman–Crippen LogP) is 3.50. The molecule has 0 fully saturated rings. The maximum absolute atomic E-state index is 10.1. The normalized spacial score (nSPS) is 12.3. The second-order valence-electron chi connectivity index (χ2n) is 4.63. The number of benzene rings is 2. The van der Waals surface area contributed by atoms with Gasteiger partial charge in [-0.05, 0) is 29.8 Å². The zero-order valence-corrected chi connectivity index (χ0v) is 12.7. The van der Waals surface area contributed by atoms with Crippen LogP contribution in [0.2, 0.25) is 0 Å². The topological polar surface area (TPSA) is 55.2 Å². The number of rotatable bonds is 4. The summed E-state index contributed by atoms with van der Waals surface area (Å²) in [4.78, 5) is 8.15. The molecule has 5 heteroatoms. The van der Waals surface area contributed by atoms with Gasteiger partial charge in [0, 0.05) is 22.1 Å². The van der Waals surface area contributed by atoms with Crippen LogP contribution in [0.1, 0.15) is 11.7 Å². The van der Waals surface area contributed by atoms with Crippen LogP contribution in [0.25, 0.3) is 10.9 Å². The van der Waals surface area contributed by atoms with Crippen LogP contribution in [-0.4, -0.2) is 21.7 Å². The highest BCUT2D eigenvalue weighted by Gasteiger charge is 2.09. The highest BCUT2D eigenvalue weighted by Crippen LogP contribution is 2.22. The molecule has 3 aromatic rings. The van der Waals surface area contributed by atoms with Gasteiger partial charge in [0.05, 0.1) is 5.52 Å². The second-order valence-corrected chi connectivity index (χ2v) is 5.54. The van der Waals surface area contributed by atoms with E-state index in [1.807, 2.05) is 42.5 Å². The van der Waals surface area contributed by atoms with Crippen molar-refractivity contribution in [3.63, 3.8) is 0 Å². The molecule has 0 bridgehead atoms. The largest absolute Gasteiger partial charge is 0.490 e. The molecule has 21 heavy (non-hydrogen) atoms. The van der Waals surface area contributed by atoms with Crippen molar-refractivity contribution in [1.29, 1.82) is 0 Å². The highest BCUT2D eigenvalue weighted by molar-refractivity contribution is 9.10. The number of nitrogens with zero attached hydrogens (tertiary/aromatic N) is 2. The summed E-state index contributed by atoms with van der Waals surface area (Å²) in [7, 11) is 0. The van der Waals surface area contributed by atoms with Crippen molar-refractivity contribution in [2.24, 2.45) is 0 Å². The van der Waals surface area contributed by atoms with Crippen molar-refractivity contribution in [1.82, 2.24) is 9.97 Å². The van der Waals surface area contributed by atoms with Crippen molar-refractivity contribution in [2.45, 2.75) is 6.10 Å². The summed E-state index contributed by atoms with van der Waals surface area (Å²) in [6, 6.07) is 13.1. The lowest BCUT2D eigenvalue weighted by atomic mass is 10.1. The highest BCUT2D eigenvalue weighted by atomic mass is 79.9. The molecule has 1 heterocycles. The molecule has 0 amide bonds. The Hall–Kier alpha value is -1.98. The van der Waals surface area contributed by atoms with Gasteiger partial charge in [-0.1, -0.05) is 28.1 Å². The first-order valence-electron chi connectivity index (χ1n) is 6.48. The number of hydrogen-bond acceptors (Lipinski definition) is 4. The Morgan fingerprint density at radius 1 is 1.19 bits per heavy atom. The van der Waals surface area contributed by atoms with Crippen LogP contribution in [0.4, 0.5) is 0 Å². The van der Waals surface area contributed by atoms with Crippen molar-refractivity contribution in [3.8, 4) is 5.75 Å². The summed E-state index contributed by atoms with van der Waals surface area (Å²) in [5.41, 5.74) is 1.63. The van der Waals surface area contributed by atoms with Gasteiger partial charge in [0.1, 0.15) is 24.8 Å². The monoisotopic (exact) mass is 344 g/mol. The first kappa shape index (κ1) is 14.0. The summed E-state index contributed by atoms with van der Waals surface area (Å²) >= 11 is 3.39. The van der Waals surface area contributed by atoms with E-state index in [1.165, 1.54) is 6.33 Å². The third kappa shape index (κ3) is 3.37. The molecule has 1 N–H and O–H groups in total. The van der Waals surface area contributed by atoms with Gasteiger partial charge in [0.25, 0.3) is 0 Å². The fraction of sp³-hybridized carbons (Fsp3) is 0.125. The number of aromatic nitrogens is 2. The van der Waals surface area contributed by atoms with E-state index in [2.05, 4.69) is 25.9 Å². The minimum atomic E-state index is -0.677. The van der Waals surface area contributed by atoms with E-state index in [0.29, 0.717) is 5.75 Å². The van der Waals surface area contributed by atoms with Gasteiger partial charge in [-0.3, -0.25) is 0 Å². The Morgan fingerprint density at radius 3 is 2.95 bits per heavy atom. The molecular formula is C16H13BrN2O2. The molecule has 0 aliphatic rings. The SMILES string of the molecule is OC(COc1ccc2cncnc2c1)c1cccc(Br)c1. The van der Waals surface area contributed by atoms with E-state index >= 15 is 0 Å². The number of halogens is 1. The maximum Gasteiger partial charge on any atom is 0.121 e. The zero-order chi connectivity index (χ0) is 14.7. The average molecular weight is 345 g/mol. The van der Waals surface area contributed by atoms with Gasteiger partial charge in [-0.2, -0.15) is 0 Å². The first-order valence-corrected chi connectivity index (χ1v) is 7.28. The van der Waals surface area contributed by atoms with Crippen LogP contribution in [0.5, 0.6) is 5.75 Å². The molecule has 1 atom stereocenters. The van der Waals surface area contributed by atoms with Crippen molar-refractivity contribution >= 4 is 26.8 Å². The lowest BCUT2D eigenvalue weighted by Crippen LogP contribution is -2.09. The van der Waals surface area contributed by atoms with Gasteiger partial charge in [-0.25, -0.2) is 9.97 Å². The lowest BCUT2D eigenvalue weighted by Gasteiger charge is -2.13. The fourth-order valence-corrected chi connectivity index (χ4v) is 2.45. The third-order valence-electron chi connectivity index (χ3n) is 3.12. The number of fused-ring (bicyclic) bond motifs is 1. The minimum absolute atomic E-state index is 0.188. The Labute approximate surface area is 130 Å². The molecule has 0 saturated heterocycles. The second kappa shape index (κ2) is 6.20. The fourth-order valence-electron chi connectivity index (χ4n) is 2.03. The summed E-state index contributed by atoms with van der Waals surface area (Å²) in [6.45, 7) is 0.188. The number of aliphatic hydroxyl groups excluding tert-OH is 1. The third-order valence-corrected chi connectivity index (χ3v) is 3.61. The van der Waals surface area contributed by atoms with Gasteiger partial charge < -0.3 is 9.84 Å². The minimum Gasteiger partial charge on any atom is -0.490 e. The van der Waals surface area contributed by atoms with E-state index in [9.17, 15) is 5.11 Å². The Kier molecular flexibility index (Phi) is 4.13. The molecule has 0 aliphatic heterocycles. The van der Waals surface area contributed by atoms with Crippen molar-refractivity contribution < 1.29 is 9.84 Å². The van der Waals surface area contributed by atoms with E-state index < -0.39 is 6.10 Å². The molecule has 0 saturated carbocycles. The molecular weight excluding hydrogens is 332 g/mol. The molecule has 4 nitrogen and oxygen atoms in total. The van der Waals surface area contributed by atoms with Gasteiger partial charge in [0.2, 0.25) is 0 Å². The quantitative estimate of drug-likeness (QED) is 0.786. The Balaban J connectivity index is 1.71. The zero-order valence-electron chi connectivity index (χ0n) is 11.1. The number of aliphatic hydroxyl groups is 1. The average Bonchev–Trinajstić information content (AvgIpc) is 2.52. The molecule has 106 valence electrons. The van der Waals surface area contributed by atoms with Crippen LogP contribution < -0.4 is 4.74 Å². The van der Waals surface area contributed by atoms with Crippen LogP contribution in [-0.2, 0) is 0 Å². The van der Waals surface area contributed by atoms with Crippen LogP contribution in [0, 0.1) is 0 Å². The van der Waals surface area contributed by atoms with E-state index in [-0.39, 0.29) is 6.61 Å². The molecule has 1 unspecified atom stereocenters. The molecule has 0 spiro atoms. The first-order chi connectivity index (χ1) is 10.2. The van der Waals surface area contributed by atoms with Crippen LogP contribution in [0.3, 0.4) is 0 Å². The van der Waals surface area contributed by atoms with Gasteiger partial charge >= 0.3 is 0 Å².